The van der Waals surface area contributed by atoms with Gasteiger partial charge >= 0.3 is 12.0 Å². The van der Waals surface area contributed by atoms with E-state index < -0.39 is 5.97 Å². The number of carbonyl (C=O) groups is 2. The van der Waals surface area contributed by atoms with E-state index in [0.717, 1.165) is 5.69 Å². The third-order valence-electron chi connectivity index (χ3n) is 4.29. The number of ether oxygens (including phenoxy) is 1. The number of methoxy groups -OCH3 is 1. The van der Waals surface area contributed by atoms with Crippen molar-refractivity contribution in [2.75, 3.05) is 43.5 Å². The van der Waals surface area contributed by atoms with Crippen LogP contribution in [0.4, 0.5) is 20.6 Å². The molecule has 1 saturated heterocycles. The molecule has 0 saturated carbocycles. The molecular formula is C19H20FN3O3. The Balaban J connectivity index is 1.57. The van der Waals surface area contributed by atoms with E-state index in [-0.39, 0.29) is 11.8 Å². The maximum Gasteiger partial charge on any atom is 0.337 e. The van der Waals surface area contributed by atoms with Gasteiger partial charge in [0, 0.05) is 37.6 Å². The number of piperazine rings is 1. The minimum absolute atomic E-state index is 0.217. The minimum Gasteiger partial charge on any atom is -0.465 e. The molecule has 0 bridgehead atoms. The first-order chi connectivity index (χ1) is 12.6. The number of benzene rings is 2. The van der Waals surface area contributed by atoms with Crippen LogP contribution >= 0.6 is 0 Å². The van der Waals surface area contributed by atoms with Gasteiger partial charge in [0.1, 0.15) is 5.82 Å². The maximum atomic E-state index is 13.0. The molecule has 2 aromatic carbocycles. The van der Waals surface area contributed by atoms with E-state index in [0.29, 0.717) is 37.4 Å². The van der Waals surface area contributed by atoms with Gasteiger partial charge in [-0.1, -0.05) is 6.07 Å². The molecule has 3 rings (SSSR count). The zero-order valence-corrected chi connectivity index (χ0v) is 14.4. The predicted octanol–water partition coefficient (Wildman–Crippen LogP) is 2.97. The summed E-state index contributed by atoms with van der Waals surface area (Å²) in [6.45, 7) is 2.45. The summed E-state index contributed by atoms with van der Waals surface area (Å²) in [5, 5.41) is 2.80. The van der Waals surface area contributed by atoms with Crippen LogP contribution in [0.5, 0.6) is 0 Å². The van der Waals surface area contributed by atoms with Crippen LogP contribution in [-0.4, -0.2) is 50.2 Å². The zero-order valence-electron chi connectivity index (χ0n) is 14.4. The average molecular weight is 357 g/mol. The quantitative estimate of drug-likeness (QED) is 0.858. The first-order valence-corrected chi connectivity index (χ1v) is 8.31. The molecular weight excluding hydrogens is 337 g/mol. The second-order valence-corrected chi connectivity index (χ2v) is 5.95. The van der Waals surface area contributed by atoms with Crippen LogP contribution in [-0.2, 0) is 4.74 Å². The van der Waals surface area contributed by atoms with E-state index >= 15 is 0 Å². The van der Waals surface area contributed by atoms with Crippen molar-refractivity contribution in [1.29, 1.82) is 0 Å². The van der Waals surface area contributed by atoms with Crippen molar-refractivity contribution < 1.29 is 18.7 Å². The van der Waals surface area contributed by atoms with Gasteiger partial charge in [-0.2, -0.15) is 0 Å². The first-order valence-electron chi connectivity index (χ1n) is 8.31. The highest BCUT2D eigenvalue weighted by Gasteiger charge is 2.21. The number of esters is 1. The summed E-state index contributed by atoms with van der Waals surface area (Å²) in [5.41, 5.74) is 1.86. The lowest BCUT2D eigenvalue weighted by Crippen LogP contribution is -2.50. The first kappa shape index (κ1) is 17.7. The average Bonchev–Trinajstić information content (AvgIpc) is 2.68. The van der Waals surface area contributed by atoms with E-state index in [1.807, 2.05) is 0 Å². The number of anilines is 2. The summed E-state index contributed by atoms with van der Waals surface area (Å²) in [5.74, 6) is -0.713. The van der Waals surface area contributed by atoms with Crippen molar-refractivity contribution in [3.63, 3.8) is 0 Å². The molecule has 0 atom stereocenters. The van der Waals surface area contributed by atoms with Crippen molar-refractivity contribution >= 4 is 23.4 Å². The Bertz CT molecular complexity index is 787. The molecule has 1 heterocycles. The zero-order chi connectivity index (χ0) is 18.5. The third kappa shape index (κ3) is 4.11. The topological polar surface area (TPSA) is 61.9 Å². The summed E-state index contributed by atoms with van der Waals surface area (Å²) in [6, 6.07) is 12.7. The van der Waals surface area contributed by atoms with Gasteiger partial charge in [0.15, 0.2) is 0 Å². The molecule has 7 heteroatoms. The van der Waals surface area contributed by atoms with Gasteiger partial charge in [-0.15, -0.1) is 0 Å². The number of halogens is 1. The normalized spacial score (nSPS) is 14.1. The van der Waals surface area contributed by atoms with Crippen molar-refractivity contribution in [2.45, 2.75) is 0 Å². The predicted molar refractivity (Wildman–Crippen MR) is 97.0 cm³/mol. The molecule has 1 aliphatic rings. The van der Waals surface area contributed by atoms with Crippen LogP contribution in [0.3, 0.4) is 0 Å². The highest BCUT2D eigenvalue weighted by molar-refractivity contribution is 5.94. The van der Waals surface area contributed by atoms with E-state index in [4.69, 9.17) is 0 Å². The Labute approximate surface area is 151 Å². The molecule has 0 unspecified atom stereocenters. The highest BCUT2D eigenvalue weighted by Crippen LogP contribution is 2.18. The van der Waals surface area contributed by atoms with Crippen LogP contribution in [0.25, 0.3) is 0 Å². The number of hydrogen-bond donors (Lipinski definition) is 1. The molecule has 6 nitrogen and oxygen atoms in total. The highest BCUT2D eigenvalue weighted by atomic mass is 19.1. The molecule has 0 aliphatic carbocycles. The number of urea groups is 1. The number of hydrogen-bond acceptors (Lipinski definition) is 4. The summed E-state index contributed by atoms with van der Waals surface area (Å²) in [4.78, 5) is 27.8. The Morgan fingerprint density at radius 1 is 1.04 bits per heavy atom. The Kier molecular flexibility index (Phi) is 5.36. The van der Waals surface area contributed by atoms with Gasteiger partial charge in [-0.3, -0.25) is 0 Å². The van der Waals surface area contributed by atoms with E-state index in [2.05, 4.69) is 15.0 Å². The van der Waals surface area contributed by atoms with Gasteiger partial charge in [-0.25, -0.2) is 14.0 Å². The maximum absolute atomic E-state index is 13.0. The second-order valence-electron chi connectivity index (χ2n) is 5.95. The Hall–Kier alpha value is -3.09. The molecule has 2 aromatic rings. The fourth-order valence-corrected chi connectivity index (χ4v) is 2.86. The fraction of sp³-hybridized carbons (Fsp3) is 0.263. The van der Waals surface area contributed by atoms with Crippen molar-refractivity contribution in [3.8, 4) is 0 Å². The second kappa shape index (κ2) is 7.86. The number of rotatable bonds is 3. The van der Waals surface area contributed by atoms with Crippen molar-refractivity contribution in [3.05, 3.63) is 59.9 Å². The van der Waals surface area contributed by atoms with E-state index in [1.165, 1.54) is 19.2 Å². The molecule has 0 radical (unpaired) electrons. The standard InChI is InChI=1S/C19H20FN3O3/c1-26-18(24)14-3-2-4-16(13-14)21-19(25)23-11-9-22(10-12-23)17-7-5-15(20)6-8-17/h2-8,13H,9-12H2,1H3,(H,21,25). The smallest absolute Gasteiger partial charge is 0.337 e. The lowest BCUT2D eigenvalue weighted by molar-refractivity contribution is 0.0600. The molecule has 136 valence electrons. The summed E-state index contributed by atoms with van der Waals surface area (Å²) in [7, 11) is 1.31. The van der Waals surface area contributed by atoms with Crippen molar-refractivity contribution in [2.24, 2.45) is 0 Å². The van der Waals surface area contributed by atoms with Gasteiger partial charge in [0.2, 0.25) is 0 Å². The summed E-state index contributed by atoms with van der Waals surface area (Å²) in [6.07, 6.45) is 0. The lowest BCUT2D eigenvalue weighted by atomic mass is 10.2. The third-order valence-corrected chi connectivity index (χ3v) is 4.29. The van der Waals surface area contributed by atoms with Crippen LogP contribution in [0.1, 0.15) is 10.4 Å². The monoisotopic (exact) mass is 357 g/mol. The SMILES string of the molecule is COC(=O)c1cccc(NC(=O)N2CCN(c3ccc(F)cc3)CC2)c1. The largest absolute Gasteiger partial charge is 0.465 e. The Morgan fingerprint density at radius 3 is 2.38 bits per heavy atom. The number of nitrogens with zero attached hydrogens (tertiary/aromatic N) is 2. The van der Waals surface area contributed by atoms with Crippen LogP contribution in [0, 0.1) is 5.82 Å². The Morgan fingerprint density at radius 2 is 1.73 bits per heavy atom. The van der Waals surface area contributed by atoms with Gasteiger partial charge in [0.05, 0.1) is 12.7 Å². The molecule has 1 aliphatic heterocycles. The summed E-state index contributed by atoms with van der Waals surface area (Å²) >= 11 is 0. The van der Waals surface area contributed by atoms with Crippen LogP contribution < -0.4 is 10.2 Å². The van der Waals surface area contributed by atoms with E-state index in [9.17, 15) is 14.0 Å². The summed E-state index contributed by atoms with van der Waals surface area (Å²) < 4.78 is 17.7. The number of carbonyl (C=O) groups excluding carboxylic acids is 2. The van der Waals surface area contributed by atoms with Crippen LogP contribution in [0.2, 0.25) is 0 Å². The van der Waals surface area contributed by atoms with Gasteiger partial charge in [-0.05, 0) is 42.5 Å². The van der Waals surface area contributed by atoms with Crippen molar-refractivity contribution in [1.82, 2.24) is 4.90 Å². The molecule has 26 heavy (non-hydrogen) atoms. The minimum atomic E-state index is -0.450. The van der Waals surface area contributed by atoms with Gasteiger partial charge in [0.25, 0.3) is 0 Å². The number of amides is 2. The molecule has 1 N–H and O–H groups in total. The molecule has 1 fully saturated rings. The van der Waals surface area contributed by atoms with E-state index in [1.54, 1.807) is 41.3 Å². The molecule has 2 amide bonds. The van der Waals surface area contributed by atoms with Gasteiger partial charge < -0.3 is 19.9 Å². The number of nitrogens with one attached hydrogen (secondary N) is 1. The molecule has 0 spiro atoms. The lowest BCUT2D eigenvalue weighted by Gasteiger charge is -2.36. The van der Waals surface area contributed by atoms with Crippen LogP contribution in [0.15, 0.2) is 48.5 Å². The fourth-order valence-electron chi connectivity index (χ4n) is 2.86. The molecule has 0 aromatic heterocycles.